The van der Waals surface area contributed by atoms with Crippen molar-refractivity contribution in [2.24, 2.45) is 0 Å². The van der Waals surface area contributed by atoms with Gasteiger partial charge in [-0.15, -0.1) is 11.3 Å². The largest absolute Gasteiger partial charge is 0.353 e. The van der Waals surface area contributed by atoms with E-state index in [0.717, 1.165) is 24.1 Å². The van der Waals surface area contributed by atoms with Gasteiger partial charge in [-0.1, -0.05) is 12.5 Å². The third kappa shape index (κ3) is 4.31. The van der Waals surface area contributed by atoms with Crippen LogP contribution in [0.4, 0.5) is 0 Å². The molecule has 1 N–H and O–H groups in total. The lowest BCUT2D eigenvalue weighted by atomic mass is 9.95. The van der Waals surface area contributed by atoms with E-state index in [0.29, 0.717) is 12.8 Å². The number of thiophene rings is 1. The van der Waals surface area contributed by atoms with Crippen LogP contribution in [0.25, 0.3) is 0 Å². The Balaban J connectivity index is 1.87. The van der Waals surface area contributed by atoms with Crippen molar-refractivity contribution in [3.8, 4) is 0 Å². The molecule has 106 valence electrons. The van der Waals surface area contributed by atoms with E-state index in [2.05, 4.69) is 5.32 Å². The molecule has 0 aliphatic heterocycles. The van der Waals surface area contributed by atoms with E-state index in [9.17, 15) is 13.2 Å². The van der Waals surface area contributed by atoms with Gasteiger partial charge in [0.1, 0.15) is 9.84 Å². The first kappa shape index (κ1) is 14.5. The van der Waals surface area contributed by atoms with E-state index in [1.54, 1.807) is 11.3 Å². The van der Waals surface area contributed by atoms with Crippen molar-refractivity contribution in [2.45, 2.75) is 43.4 Å². The summed E-state index contributed by atoms with van der Waals surface area (Å²) < 4.78 is 23.1. The molecule has 0 unspecified atom stereocenters. The Hall–Kier alpha value is -0.880. The molecule has 1 aliphatic carbocycles. The molecule has 6 heteroatoms. The first-order valence-electron chi connectivity index (χ1n) is 6.46. The predicted molar refractivity (Wildman–Crippen MR) is 77.1 cm³/mol. The van der Waals surface area contributed by atoms with Crippen LogP contribution < -0.4 is 5.32 Å². The third-order valence-corrected chi connectivity index (χ3v) is 6.03. The topological polar surface area (TPSA) is 63.2 Å². The number of hydrogen-bond acceptors (Lipinski definition) is 4. The maximum Gasteiger partial charge on any atom is 0.225 e. The molecule has 1 aromatic rings. The van der Waals surface area contributed by atoms with Crippen LogP contribution in [0.1, 0.15) is 30.6 Å². The Kier molecular flexibility index (Phi) is 4.62. The molecule has 0 radical (unpaired) electrons. The highest BCUT2D eigenvalue weighted by atomic mass is 32.2. The monoisotopic (exact) mass is 301 g/mol. The average Bonchev–Trinajstić information content (AvgIpc) is 2.80. The quantitative estimate of drug-likeness (QED) is 0.922. The summed E-state index contributed by atoms with van der Waals surface area (Å²) >= 11 is 1.56. The molecule has 0 saturated heterocycles. The van der Waals surface area contributed by atoms with Gasteiger partial charge >= 0.3 is 0 Å². The smallest absolute Gasteiger partial charge is 0.225 e. The van der Waals surface area contributed by atoms with E-state index < -0.39 is 9.84 Å². The molecule has 1 aliphatic rings. The number of carbonyl (C=O) groups is 1. The molecular weight excluding hydrogens is 282 g/mol. The van der Waals surface area contributed by atoms with Crippen LogP contribution in [0.3, 0.4) is 0 Å². The lowest BCUT2D eigenvalue weighted by Crippen LogP contribution is -2.42. The van der Waals surface area contributed by atoms with Crippen molar-refractivity contribution in [3.63, 3.8) is 0 Å². The lowest BCUT2D eigenvalue weighted by Gasteiger charge is -2.28. The summed E-state index contributed by atoms with van der Waals surface area (Å²) in [6.45, 7) is 0. The second-order valence-corrected chi connectivity index (χ2v) is 8.50. The Labute approximate surface area is 118 Å². The van der Waals surface area contributed by atoms with Gasteiger partial charge in [0.05, 0.1) is 11.7 Å². The van der Waals surface area contributed by atoms with Gasteiger partial charge in [0.15, 0.2) is 0 Å². The Morgan fingerprint density at radius 2 is 2.26 bits per heavy atom. The maximum absolute atomic E-state index is 11.9. The minimum absolute atomic E-state index is 0.000868. The SMILES string of the molecule is CS(=O)(=O)[C@@H]1CCC[C@@H](NC(=O)Cc2cccs2)C1. The second kappa shape index (κ2) is 6.05. The van der Waals surface area contributed by atoms with Crippen LogP contribution in [0.15, 0.2) is 17.5 Å². The number of hydrogen-bond donors (Lipinski definition) is 1. The second-order valence-electron chi connectivity index (χ2n) is 5.14. The summed E-state index contributed by atoms with van der Waals surface area (Å²) in [5.74, 6) is -0.0124. The molecule has 1 heterocycles. The normalized spacial score (nSPS) is 24.1. The van der Waals surface area contributed by atoms with Gasteiger partial charge in [-0.3, -0.25) is 4.79 Å². The molecular formula is C13H19NO3S2. The van der Waals surface area contributed by atoms with Crippen LogP contribution in [0, 0.1) is 0 Å². The van der Waals surface area contributed by atoms with Crippen molar-refractivity contribution in [2.75, 3.05) is 6.26 Å². The van der Waals surface area contributed by atoms with Crippen molar-refractivity contribution in [1.29, 1.82) is 0 Å². The van der Waals surface area contributed by atoms with Gasteiger partial charge in [-0.05, 0) is 30.7 Å². The first-order valence-corrected chi connectivity index (χ1v) is 9.29. The third-order valence-electron chi connectivity index (χ3n) is 3.51. The Morgan fingerprint density at radius 1 is 1.47 bits per heavy atom. The van der Waals surface area contributed by atoms with Gasteiger partial charge in [0.2, 0.25) is 5.91 Å². The summed E-state index contributed by atoms with van der Waals surface area (Å²) in [4.78, 5) is 12.9. The van der Waals surface area contributed by atoms with Crippen molar-refractivity contribution >= 4 is 27.1 Å². The van der Waals surface area contributed by atoms with E-state index in [1.807, 2.05) is 17.5 Å². The fourth-order valence-electron chi connectivity index (χ4n) is 2.52. The number of nitrogens with one attached hydrogen (secondary N) is 1. The van der Waals surface area contributed by atoms with Crippen LogP contribution in [-0.2, 0) is 21.1 Å². The first-order chi connectivity index (χ1) is 8.95. The molecule has 0 bridgehead atoms. The summed E-state index contributed by atoms with van der Waals surface area (Å²) in [6.07, 6.45) is 4.68. The van der Waals surface area contributed by atoms with Crippen LogP contribution in [0.2, 0.25) is 0 Å². The van der Waals surface area contributed by atoms with Crippen molar-refractivity contribution in [1.82, 2.24) is 5.32 Å². The minimum Gasteiger partial charge on any atom is -0.353 e. The lowest BCUT2D eigenvalue weighted by molar-refractivity contribution is -0.121. The molecule has 1 aromatic heterocycles. The number of sulfone groups is 1. The van der Waals surface area contributed by atoms with Gasteiger partial charge in [0, 0.05) is 17.2 Å². The zero-order valence-corrected chi connectivity index (χ0v) is 12.6. The summed E-state index contributed by atoms with van der Waals surface area (Å²) in [6, 6.07) is 3.86. The molecule has 1 amide bonds. The van der Waals surface area contributed by atoms with E-state index in [-0.39, 0.29) is 17.2 Å². The number of carbonyl (C=O) groups excluding carboxylic acids is 1. The highest BCUT2D eigenvalue weighted by molar-refractivity contribution is 7.91. The van der Waals surface area contributed by atoms with Gasteiger partial charge in [-0.25, -0.2) is 8.42 Å². The van der Waals surface area contributed by atoms with E-state index >= 15 is 0 Å². The Morgan fingerprint density at radius 3 is 2.89 bits per heavy atom. The molecule has 0 spiro atoms. The molecule has 2 atom stereocenters. The fraction of sp³-hybridized carbons (Fsp3) is 0.615. The number of rotatable bonds is 4. The average molecular weight is 301 g/mol. The van der Waals surface area contributed by atoms with Crippen molar-refractivity contribution in [3.05, 3.63) is 22.4 Å². The van der Waals surface area contributed by atoms with Crippen LogP contribution >= 0.6 is 11.3 Å². The van der Waals surface area contributed by atoms with Crippen LogP contribution in [-0.4, -0.2) is 31.9 Å². The molecule has 2 rings (SSSR count). The molecule has 19 heavy (non-hydrogen) atoms. The predicted octanol–water partition coefficient (Wildman–Crippen LogP) is 1.76. The minimum atomic E-state index is -2.99. The van der Waals surface area contributed by atoms with Crippen LogP contribution in [0.5, 0.6) is 0 Å². The molecule has 0 aromatic carbocycles. The van der Waals surface area contributed by atoms with Gasteiger partial charge < -0.3 is 5.32 Å². The highest BCUT2D eigenvalue weighted by Gasteiger charge is 2.29. The Bertz CT molecular complexity index is 522. The number of amides is 1. The highest BCUT2D eigenvalue weighted by Crippen LogP contribution is 2.24. The van der Waals surface area contributed by atoms with Gasteiger partial charge in [0.25, 0.3) is 0 Å². The van der Waals surface area contributed by atoms with E-state index in [1.165, 1.54) is 6.26 Å². The molecule has 1 fully saturated rings. The standard InChI is InChI=1S/C13H19NO3S2/c1-19(16,17)12-6-2-4-10(8-12)14-13(15)9-11-5-3-7-18-11/h3,5,7,10,12H,2,4,6,8-9H2,1H3,(H,14,15)/t10-,12-/m1/s1. The van der Waals surface area contributed by atoms with Crippen molar-refractivity contribution < 1.29 is 13.2 Å². The molecule has 1 saturated carbocycles. The molecule has 4 nitrogen and oxygen atoms in total. The maximum atomic E-state index is 11.9. The summed E-state index contributed by atoms with van der Waals surface area (Å²) in [5.41, 5.74) is 0. The zero-order valence-electron chi connectivity index (χ0n) is 11.0. The summed E-state index contributed by atoms with van der Waals surface area (Å²) in [7, 11) is -2.99. The van der Waals surface area contributed by atoms with E-state index in [4.69, 9.17) is 0 Å². The summed E-state index contributed by atoms with van der Waals surface area (Å²) in [5, 5.41) is 4.61. The fourth-order valence-corrected chi connectivity index (χ4v) is 4.40. The zero-order chi connectivity index (χ0) is 13.9. The van der Waals surface area contributed by atoms with Gasteiger partial charge in [-0.2, -0.15) is 0 Å².